The van der Waals surface area contributed by atoms with Crippen LogP contribution in [-0.2, 0) is 6.61 Å². The number of rotatable bonds is 7. The van der Waals surface area contributed by atoms with Crippen LogP contribution < -0.4 is 10.2 Å². The van der Waals surface area contributed by atoms with Gasteiger partial charge in [0.25, 0.3) is 0 Å². The highest BCUT2D eigenvalue weighted by Crippen LogP contribution is 2.25. The lowest BCUT2D eigenvalue weighted by atomic mass is 10.1. The third kappa shape index (κ3) is 5.30. The number of hydrogen-bond donors (Lipinski definition) is 1. The molecule has 0 unspecified atom stereocenters. The van der Waals surface area contributed by atoms with Crippen LogP contribution in [-0.4, -0.2) is 11.2 Å². The number of aromatic nitrogens is 1. The van der Waals surface area contributed by atoms with E-state index in [-0.39, 0.29) is 5.82 Å². The standard InChI is InChI=1S/C24H20FN3OS/c1-17-5-9-20(10-6-17)23-16-30-24(27-23)28-26-14-19-3-2-4-22(13-19)29-15-18-7-11-21(25)12-8-18/h2-14,16H,15H2,1H3,(H,27,28)/b26-14-. The van der Waals surface area contributed by atoms with E-state index in [1.807, 2.05) is 29.6 Å². The second kappa shape index (κ2) is 9.33. The molecule has 0 saturated carbocycles. The van der Waals surface area contributed by atoms with E-state index in [4.69, 9.17) is 4.74 Å². The molecule has 0 amide bonds. The summed E-state index contributed by atoms with van der Waals surface area (Å²) in [5.74, 6) is 0.467. The number of thiazole rings is 1. The minimum absolute atomic E-state index is 0.254. The number of nitrogens with zero attached hydrogens (tertiary/aromatic N) is 2. The number of aryl methyl sites for hydroxylation is 1. The Labute approximate surface area is 178 Å². The molecule has 150 valence electrons. The van der Waals surface area contributed by atoms with E-state index in [1.54, 1.807) is 18.3 Å². The zero-order valence-electron chi connectivity index (χ0n) is 16.4. The molecule has 0 atom stereocenters. The Morgan fingerprint density at radius 3 is 2.67 bits per heavy atom. The second-order valence-electron chi connectivity index (χ2n) is 6.76. The lowest BCUT2D eigenvalue weighted by Crippen LogP contribution is -1.96. The summed E-state index contributed by atoms with van der Waals surface area (Å²) in [6.45, 7) is 2.44. The number of halogens is 1. The zero-order valence-corrected chi connectivity index (χ0v) is 17.2. The van der Waals surface area contributed by atoms with Crippen molar-refractivity contribution < 1.29 is 9.13 Å². The maximum Gasteiger partial charge on any atom is 0.203 e. The van der Waals surface area contributed by atoms with E-state index < -0.39 is 0 Å². The first-order chi connectivity index (χ1) is 14.7. The Hall–Kier alpha value is -3.51. The van der Waals surface area contributed by atoms with E-state index in [1.165, 1.54) is 29.0 Å². The number of nitrogens with one attached hydrogen (secondary N) is 1. The monoisotopic (exact) mass is 417 g/mol. The van der Waals surface area contributed by atoms with Gasteiger partial charge in [0.15, 0.2) is 0 Å². The molecule has 1 aromatic heterocycles. The highest BCUT2D eigenvalue weighted by atomic mass is 32.1. The van der Waals surface area contributed by atoms with Crippen LogP contribution in [0.4, 0.5) is 9.52 Å². The molecule has 0 bridgehead atoms. The molecule has 1 heterocycles. The van der Waals surface area contributed by atoms with Gasteiger partial charge < -0.3 is 4.74 Å². The van der Waals surface area contributed by atoms with Gasteiger partial charge in [-0.2, -0.15) is 5.10 Å². The molecule has 6 heteroatoms. The van der Waals surface area contributed by atoms with E-state index in [2.05, 4.69) is 46.7 Å². The van der Waals surface area contributed by atoms with Crippen LogP contribution in [0, 0.1) is 12.7 Å². The van der Waals surface area contributed by atoms with Crippen LogP contribution in [0.3, 0.4) is 0 Å². The van der Waals surface area contributed by atoms with Gasteiger partial charge >= 0.3 is 0 Å². The number of benzene rings is 3. The highest BCUT2D eigenvalue weighted by molar-refractivity contribution is 7.14. The Morgan fingerprint density at radius 1 is 1.07 bits per heavy atom. The van der Waals surface area contributed by atoms with Gasteiger partial charge in [-0.1, -0.05) is 54.1 Å². The van der Waals surface area contributed by atoms with E-state index >= 15 is 0 Å². The van der Waals surface area contributed by atoms with Gasteiger partial charge in [-0.25, -0.2) is 9.37 Å². The zero-order chi connectivity index (χ0) is 20.8. The SMILES string of the molecule is Cc1ccc(-c2csc(N/N=C\c3cccc(OCc4ccc(F)cc4)c3)n2)cc1. The maximum atomic E-state index is 13.0. The summed E-state index contributed by atoms with van der Waals surface area (Å²) in [6.07, 6.45) is 1.72. The van der Waals surface area contributed by atoms with Gasteiger partial charge in [0.2, 0.25) is 5.13 Å². The molecule has 0 spiro atoms. The summed E-state index contributed by atoms with van der Waals surface area (Å²) in [6, 6.07) is 22.2. The van der Waals surface area contributed by atoms with E-state index in [9.17, 15) is 4.39 Å². The fourth-order valence-electron chi connectivity index (χ4n) is 2.78. The van der Waals surface area contributed by atoms with Crippen molar-refractivity contribution in [2.24, 2.45) is 5.10 Å². The van der Waals surface area contributed by atoms with Crippen molar-refractivity contribution >= 4 is 22.7 Å². The third-order valence-electron chi connectivity index (χ3n) is 4.40. The van der Waals surface area contributed by atoms with E-state index in [0.717, 1.165) is 33.3 Å². The molecule has 30 heavy (non-hydrogen) atoms. The smallest absolute Gasteiger partial charge is 0.203 e. The highest BCUT2D eigenvalue weighted by Gasteiger charge is 2.03. The Balaban J connectivity index is 1.34. The minimum Gasteiger partial charge on any atom is -0.489 e. The van der Waals surface area contributed by atoms with Crippen LogP contribution in [0.15, 0.2) is 83.3 Å². The molecule has 0 saturated heterocycles. The van der Waals surface area contributed by atoms with Crippen molar-refractivity contribution in [3.63, 3.8) is 0 Å². The fourth-order valence-corrected chi connectivity index (χ4v) is 3.44. The topological polar surface area (TPSA) is 46.5 Å². The second-order valence-corrected chi connectivity index (χ2v) is 7.62. The molecule has 4 nitrogen and oxygen atoms in total. The molecule has 0 aliphatic rings. The van der Waals surface area contributed by atoms with Crippen molar-refractivity contribution in [2.45, 2.75) is 13.5 Å². The van der Waals surface area contributed by atoms with Crippen molar-refractivity contribution in [2.75, 3.05) is 5.43 Å². The lowest BCUT2D eigenvalue weighted by Gasteiger charge is -2.07. The van der Waals surface area contributed by atoms with Gasteiger partial charge in [-0.15, -0.1) is 11.3 Å². The van der Waals surface area contributed by atoms with Crippen LogP contribution >= 0.6 is 11.3 Å². The summed E-state index contributed by atoms with van der Waals surface area (Å²) >= 11 is 1.51. The normalized spacial score (nSPS) is 11.0. The van der Waals surface area contributed by atoms with Gasteiger partial charge in [-0.05, 0) is 42.3 Å². The minimum atomic E-state index is -0.254. The number of hydrazone groups is 1. The summed E-state index contributed by atoms with van der Waals surface area (Å²) < 4.78 is 18.8. The largest absolute Gasteiger partial charge is 0.489 e. The van der Waals surface area contributed by atoms with Gasteiger partial charge in [0.05, 0.1) is 11.9 Å². The molecule has 1 N–H and O–H groups in total. The molecule has 0 radical (unpaired) electrons. The first-order valence-corrected chi connectivity index (χ1v) is 10.3. The Kier molecular flexibility index (Phi) is 6.15. The molecule has 0 fully saturated rings. The molecule has 4 rings (SSSR count). The molecular formula is C24H20FN3OS. The van der Waals surface area contributed by atoms with Crippen LogP contribution in [0.5, 0.6) is 5.75 Å². The average Bonchev–Trinajstić information content (AvgIpc) is 3.23. The third-order valence-corrected chi connectivity index (χ3v) is 5.15. The van der Waals surface area contributed by atoms with E-state index in [0.29, 0.717) is 6.61 Å². The summed E-state index contributed by atoms with van der Waals surface area (Å²) in [4.78, 5) is 4.57. The van der Waals surface area contributed by atoms with Gasteiger partial charge in [-0.3, -0.25) is 5.43 Å². The lowest BCUT2D eigenvalue weighted by molar-refractivity contribution is 0.306. The van der Waals surface area contributed by atoms with Crippen molar-refractivity contribution in [1.82, 2.24) is 4.98 Å². The number of hydrogen-bond acceptors (Lipinski definition) is 5. The fraction of sp³-hybridized carbons (Fsp3) is 0.0833. The van der Waals surface area contributed by atoms with Gasteiger partial charge in [0, 0.05) is 10.9 Å². The van der Waals surface area contributed by atoms with Crippen LogP contribution in [0.25, 0.3) is 11.3 Å². The van der Waals surface area contributed by atoms with Crippen molar-refractivity contribution in [3.05, 3.63) is 101 Å². The number of ether oxygens (including phenoxy) is 1. The summed E-state index contributed by atoms with van der Waals surface area (Å²) in [5.41, 5.74) is 8.01. The first kappa shape index (κ1) is 19.8. The average molecular weight is 418 g/mol. The molecule has 0 aliphatic heterocycles. The first-order valence-electron chi connectivity index (χ1n) is 9.45. The maximum absolute atomic E-state index is 13.0. The summed E-state index contributed by atoms with van der Waals surface area (Å²) in [7, 11) is 0. The molecule has 0 aliphatic carbocycles. The van der Waals surface area contributed by atoms with Crippen molar-refractivity contribution in [1.29, 1.82) is 0 Å². The summed E-state index contributed by atoms with van der Waals surface area (Å²) in [5, 5.41) is 7.01. The molecular weight excluding hydrogens is 397 g/mol. The van der Waals surface area contributed by atoms with Crippen LogP contribution in [0.1, 0.15) is 16.7 Å². The Bertz CT molecular complexity index is 1140. The predicted octanol–water partition coefficient (Wildman–Crippen LogP) is 6.28. The van der Waals surface area contributed by atoms with Crippen LogP contribution in [0.2, 0.25) is 0 Å². The Morgan fingerprint density at radius 2 is 1.87 bits per heavy atom. The number of anilines is 1. The quantitative estimate of drug-likeness (QED) is 0.284. The van der Waals surface area contributed by atoms with Crippen molar-refractivity contribution in [3.8, 4) is 17.0 Å². The molecule has 3 aromatic carbocycles. The molecule has 4 aromatic rings. The van der Waals surface area contributed by atoms with Gasteiger partial charge in [0.1, 0.15) is 18.2 Å². The predicted molar refractivity (Wildman–Crippen MR) is 121 cm³/mol.